The Labute approximate surface area is 76.0 Å². The van der Waals surface area contributed by atoms with Gasteiger partial charge in [-0.25, -0.2) is 4.98 Å². The third kappa shape index (κ3) is 4.24. The van der Waals surface area contributed by atoms with E-state index in [0.29, 0.717) is 0 Å². The molecule has 1 aromatic rings. The van der Waals surface area contributed by atoms with Gasteiger partial charge in [-0.05, 0) is 7.05 Å². The Kier molecular flexibility index (Phi) is 5.49. The summed E-state index contributed by atoms with van der Waals surface area (Å²) in [4.78, 5) is 16.8. The first-order valence-corrected chi connectivity index (χ1v) is 3.73. The van der Waals surface area contributed by atoms with Crippen LogP contribution in [-0.2, 0) is 11.2 Å². The number of nitrogens with two attached hydrogens (primary N) is 2. The third-order valence-corrected chi connectivity index (χ3v) is 1.31. The summed E-state index contributed by atoms with van der Waals surface area (Å²) in [6, 6.07) is -0.851. The van der Waals surface area contributed by atoms with Crippen LogP contribution in [0.15, 0.2) is 12.5 Å². The van der Waals surface area contributed by atoms with Gasteiger partial charge in [-0.2, -0.15) is 0 Å². The maximum absolute atomic E-state index is 10.3. The van der Waals surface area contributed by atoms with E-state index in [1.54, 1.807) is 6.20 Å². The van der Waals surface area contributed by atoms with E-state index in [9.17, 15) is 4.79 Å². The van der Waals surface area contributed by atoms with E-state index in [1.807, 2.05) is 0 Å². The van der Waals surface area contributed by atoms with Crippen LogP contribution in [0.3, 0.4) is 0 Å². The summed E-state index contributed by atoms with van der Waals surface area (Å²) in [6.07, 6.45) is 3.34. The molecule has 6 nitrogen and oxygen atoms in total. The van der Waals surface area contributed by atoms with Crippen molar-refractivity contribution < 1.29 is 9.90 Å². The molecule has 0 aliphatic heterocycles. The van der Waals surface area contributed by atoms with Crippen LogP contribution < -0.4 is 11.5 Å². The van der Waals surface area contributed by atoms with Crippen LogP contribution >= 0.6 is 0 Å². The standard InChI is InChI=1S/C6H9N3O2.CH5N/c7-5(6(10)11)1-4-2-8-3-9-4;1-2/h2-3,5H,1,7H2,(H,8,9)(H,10,11);2H2,1H3/t5-;/m0./s1. The second-order valence-electron chi connectivity index (χ2n) is 2.23. The van der Waals surface area contributed by atoms with Crippen LogP contribution in [0.4, 0.5) is 0 Å². The Morgan fingerprint density at radius 2 is 2.38 bits per heavy atom. The minimum atomic E-state index is -1.00. The molecule has 1 aromatic heterocycles. The van der Waals surface area contributed by atoms with Gasteiger partial charge in [0.1, 0.15) is 6.04 Å². The molecule has 0 amide bonds. The molecule has 0 radical (unpaired) electrons. The predicted octanol–water partition coefficient (Wildman–Crippen LogP) is -1.06. The molecule has 0 saturated heterocycles. The van der Waals surface area contributed by atoms with Gasteiger partial charge in [-0.3, -0.25) is 4.79 Å². The van der Waals surface area contributed by atoms with Crippen molar-refractivity contribution in [3.05, 3.63) is 18.2 Å². The van der Waals surface area contributed by atoms with Gasteiger partial charge in [0.2, 0.25) is 0 Å². The largest absolute Gasteiger partial charge is 0.480 e. The number of aromatic amines is 1. The van der Waals surface area contributed by atoms with E-state index in [1.165, 1.54) is 13.4 Å². The number of carbonyl (C=O) groups is 1. The molecule has 0 aromatic carbocycles. The number of nitrogens with zero attached hydrogens (tertiary/aromatic N) is 1. The molecule has 0 fully saturated rings. The van der Waals surface area contributed by atoms with Crippen LogP contribution in [0.5, 0.6) is 0 Å². The van der Waals surface area contributed by atoms with Crippen LogP contribution in [-0.4, -0.2) is 34.1 Å². The van der Waals surface area contributed by atoms with E-state index >= 15 is 0 Å². The maximum Gasteiger partial charge on any atom is 0.320 e. The third-order valence-electron chi connectivity index (χ3n) is 1.31. The first-order valence-electron chi connectivity index (χ1n) is 3.73. The smallest absolute Gasteiger partial charge is 0.320 e. The molecular formula is C7H14N4O2. The molecule has 0 spiro atoms. The van der Waals surface area contributed by atoms with Gasteiger partial charge in [0.05, 0.1) is 6.33 Å². The summed E-state index contributed by atoms with van der Waals surface area (Å²) in [6.45, 7) is 0. The first kappa shape index (κ1) is 11.6. The van der Waals surface area contributed by atoms with Crippen molar-refractivity contribution in [2.75, 3.05) is 7.05 Å². The summed E-state index contributed by atoms with van der Waals surface area (Å²) < 4.78 is 0. The number of nitrogens with one attached hydrogen (secondary N) is 1. The number of carboxylic acids is 1. The highest BCUT2D eigenvalue weighted by atomic mass is 16.4. The van der Waals surface area contributed by atoms with Gasteiger partial charge in [0, 0.05) is 18.3 Å². The van der Waals surface area contributed by atoms with Gasteiger partial charge in [0.25, 0.3) is 0 Å². The average molecular weight is 186 g/mol. The minimum Gasteiger partial charge on any atom is -0.480 e. The van der Waals surface area contributed by atoms with Crippen molar-refractivity contribution in [2.24, 2.45) is 11.5 Å². The minimum absolute atomic E-state index is 0.287. The van der Waals surface area contributed by atoms with Crippen molar-refractivity contribution in [1.29, 1.82) is 0 Å². The Balaban J connectivity index is 0.000000671. The van der Waals surface area contributed by atoms with Crippen LogP contribution in [0.1, 0.15) is 5.69 Å². The number of carboxylic acid groups (broad SMARTS) is 1. The SMILES string of the molecule is CN.N[C@@H](Cc1cnc[nH]1)C(=O)O. The Morgan fingerprint density at radius 1 is 1.77 bits per heavy atom. The molecule has 6 heteroatoms. The highest BCUT2D eigenvalue weighted by Crippen LogP contribution is 1.95. The van der Waals surface area contributed by atoms with Gasteiger partial charge in [-0.1, -0.05) is 0 Å². The fourth-order valence-electron chi connectivity index (χ4n) is 0.721. The van der Waals surface area contributed by atoms with E-state index in [0.717, 1.165) is 5.69 Å². The number of rotatable bonds is 3. The molecule has 0 aliphatic carbocycles. The number of aromatic nitrogens is 2. The summed E-state index contributed by atoms with van der Waals surface area (Å²) >= 11 is 0. The van der Waals surface area contributed by atoms with Gasteiger partial charge >= 0.3 is 5.97 Å². The first-order chi connectivity index (χ1) is 6.20. The Bertz CT molecular complexity index is 235. The van der Waals surface area contributed by atoms with Gasteiger partial charge in [-0.15, -0.1) is 0 Å². The average Bonchev–Trinajstić information content (AvgIpc) is 2.60. The second-order valence-corrected chi connectivity index (χ2v) is 2.23. The molecule has 0 aliphatic rings. The number of imidazole rings is 1. The topological polar surface area (TPSA) is 118 Å². The molecule has 1 rings (SSSR count). The fourth-order valence-corrected chi connectivity index (χ4v) is 0.721. The van der Waals surface area contributed by atoms with Gasteiger partial charge in [0.15, 0.2) is 0 Å². The lowest BCUT2D eigenvalue weighted by molar-refractivity contribution is -0.138. The Hall–Kier alpha value is -1.40. The molecule has 0 unspecified atom stereocenters. The maximum atomic E-state index is 10.3. The van der Waals surface area contributed by atoms with Crippen molar-refractivity contribution in [3.63, 3.8) is 0 Å². The molecule has 1 heterocycles. The normalized spacial score (nSPS) is 11.3. The zero-order valence-electron chi connectivity index (χ0n) is 7.40. The lowest BCUT2D eigenvalue weighted by Crippen LogP contribution is -2.32. The zero-order valence-corrected chi connectivity index (χ0v) is 7.40. The molecule has 6 N–H and O–H groups in total. The highest BCUT2D eigenvalue weighted by molar-refractivity contribution is 5.73. The molecular weight excluding hydrogens is 172 g/mol. The molecule has 74 valence electrons. The molecule has 0 saturated carbocycles. The molecule has 13 heavy (non-hydrogen) atoms. The summed E-state index contributed by atoms with van der Waals surface area (Å²) in [5, 5.41) is 8.42. The summed E-state index contributed by atoms with van der Waals surface area (Å²) in [7, 11) is 1.50. The van der Waals surface area contributed by atoms with Crippen molar-refractivity contribution >= 4 is 5.97 Å². The molecule has 1 atom stereocenters. The fraction of sp³-hybridized carbons (Fsp3) is 0.429. The van der Waals surface area contributed by atoms with E-state index in [4.69, 9.17) is 10.8 Å². The summed E-state index contributed by atoms with van der Waals surface area (Å²) in [5.74, 6) is -1.00. The quantitative estimate of drug-likeness (QED) is 0.480. The van der Waals surface area contributed by atoms with Crippen molar-refractivity contribution in [2.45, 2.75) is 12.5 Å². The van der Waals surface area contributed by atoms with Crippen LogP contribution in [0.25, 0.3) is 0 Å². The van der Waals surface area contributed by atoms with E-state index in [2.05, 4.69) is 15.7 Å². The van der Waals surface area contributed by atoms with Gasteiger partial charge < -0.3 is 21.6 Å². The second kappa shape index (κ2) is 6.15. The van der Waals surface area contributed by atoms with Crippen molar-refractivity contribution in [1.82, 2.24) is 9.97 Å². The van der Waals surface area contributed by atoms with E-state index in [-0.39, 0.29) is 6.42 Å². The number of hydrogen-bond acceptors (Lipinski definition) is 4. The zero-order chi connectivity index (χ0) is 10.3. The lowest BCUT2D eigenvalue weighted by Gasteiger charge is -2.02. The van der Waals surface area contributed by atoms with Crippen LogP contribution in [0.2, 0.25) is 0 Å². The highest BCUT2D eigenvalue weighted by Gasteiger charge is 2.11. The Morgan fingerprint density at radius 3 is 2.77 bits per heavy atom. The lowest BCUT2D eigenvalue weighted by atomic mass is 10.2. The molecule has 0 bridgehead atoms. The predicted molar refractivity (Wildman–Crippen MR) is 48.0 cm³/mol. The number of aliphatic carboxylic acids is 1. The van der Waals surface area contributed by atoms with E-state index < -0.39 is 12.0 Å². The summed E-state index contributed by atoms with van der Waals surface area (Å²) in [5.41, 5.74) is 10.5. The van der Waals surface area contributed by atoms with Crippen molar-refractivity contribution in [3.8, 4) is 0 Å². The van der Waals surface area contributed by atoms with Crippen LogP contribution in [0, 0.1) is 0 Å². The number of hydrogen-bond donors (Lipinski definition) is 4. The number of H-pyrrole nitrogens is 1. The monoisotopic (exact) mass is 186 g/mol.